The van der Waals surface area contributed by atoms with Crippen LogP contribution in [-0.4, -0.2) is 19.8 Å². The molecule has 0 radical (unpaired) electrons. The van der Waals surface area contributed by atoms with Crippen molar-refractivity contribution in [2.24, 2.45) is 5.73 Å². The predicted octanol–water partition coefficient (Wildman–Crippen LogP) is 1.79. The first kappa shape index (κ1) is 9.37. The molecule has 2 fully saturated rings. The lowest BCUT2D eigenvalue weighted by molar-refractivity contribution is 0.00838. The predicted molar refractivity (Wildman–Crippen MR) is 60.0 cm³/mol. The van der Waals surface area contributed by atoms with E-state index in [4.69, 9.17) is 10.5 Å². The summed E-state index contributed by atoms with van der Waals surface area (Å²) in [6, 6.07) is 8.94. The minimum Gasteiger partial charge on any atom is -0.380 e. The summed E-state index contributed by atoms with van der Waals surface area (Å²) in [7, 11) is 0. The third kappa shape index (κ3) is 1.48. The van der Waals surface area contributed by atoms with Crippen LogP contribution in [0.2, 0.25) is 0 Å². The molecule has 0 amide bonds. The maximum atomic E-state index is 5.85. The van der Waals surface area contributed by atoms with Gasteiger partial charge in [0.05, 0.1) is 13.2 Å². The van der Waals surface area contributed by atoms with Crippen molar-refractivity contribution in [3.8, 4) is 0 Å². The maximum Gasteiger partial charge on any atom is 0.0557 e. The highest BCUT2D eigenvalue weighted by molar-refractivity contribution is 5.36. The molecule has 0 aromatic heterocycles. The highest BCUT2D eigenvalue weighted by Gasteiger charge is 2.43. The van der Waals surface area contributed by atoms with Crippen LogP contribution in [0.4, 0.5) is 0 Å². The highest BCUT2D eigenvalue weighted by Crippen LogP contribution is 2.47. The molecule has 1 aliphatic carbocycles. The van der Waals surface area contributed by atoms with Crippen LogP contribution >= 0.6 is 0 Å². The second-order valence-corrected chi connectivity index (χ2v) is 4.84. The fraction of sp³-hybridized carbons (Fsp3) is 0.538. The van der Waals surface area contributed by atoms with E-state index in [9.17, 15) is 0 Å². The van der Waals surface area contributed by atoms with E-state index in [1.807, 2.05) is 0 Å². The Morgan fingerprint density at radius 2 is 2.13 bits per heavy atom. The van der Waals surface area contributed by atoms with Crippen LogP contribution < -0.4 is 5.73 Å². The molecule has 0 spiro atoms. The topological polar surface area (TPSA) is 35.2 Å². The fourth-order valence-corrected chi connectivity index (χ4v) is 2.31. The molecule has 1 aliphatic heterocycles. The van der Waals surface area contributed by atoms with Crippen molar-refractivity contribution in [3.63, 3.8) is 0 Å². The van der Waals surface area contributed by atoms with Crippen LogP contribution in [0.15, 0.2) is 24.3 Å². The molecule has 0 atom stereocenters. The van der Waals surface area contributed by atoms with Crippen LogP contribution in [-0.2, 0) is 10.2 Å². The van der Waals surface area contributed by atoms with Gasteiger partial charge in [-0.25, -0.2) is 0 Å². The van der Waals surface area contributed by atoms with Gasteiger partial charge in [0.1, 0.15) is 0 Å². The molecule has 3 rings (SSSR count). The van der Waals surface area contributed by atoms with Gasteiger partial charge in [0.25, 0.3) is 0 Å². The van der Waals surface area contributed by atoms with Gasteiger partial charge in [-0.2, -0.15) is 0 Å². The average molecular weight is 203 g/mol. The Morgan fingerprint density at radius 1 is 1.33 bits per heavy atom. The van der Waals surface area contributed by atoms with Crippen molar-refractivity contribution in [1.82, 2.24) is 0 Å². The Bertz CT molecular complexity index is 367. The van der Waals surface area contributed by atoms with E-state index in [2.05, 4.69) is 24.3 Å². The summed E-state index contributed by atoms with van der Waals surface area (Å²) in [4.78, 5) is 0. The second kappa shape index (κ2) is 3.32. The number of hydrogen-bond acceptors (Lipinski definition) is 2. The standard InChI is InChI=1S/C13H17NO/c14-9-13(4-5-13)12-3-1-2-10(6-12)11-7-15-8-11/h1-3,6,11H,4-5,7-9,14H2. The third-order valence-corrected chi connectivity index (χ3v) is 3.85. The molecule has 1 aromatic rings. The highest BCUT2D eigenvalue weighted by atomic mass is 16.5. The van der Waals surface area contributed by atoms with Crippen LogP contribution in [0.5, 0.6) is 0 Å². The SMILES string of the molecule is NCC1(c2cccc(C3COC3)c2)CC1. The lowest BCUT2D eigenvalue weighted by Gasteiger charge is -2.27. The van der Waals surface area contributed by atoms with Gasteiger partial charge < -0.3 is 10.5 Å². The van der Waals surface area contributed by atoms with Gasteiger partial charge in [-0.1, -0.05) is 24.3 Å². The molecule has 2 nitrogen and oxygen atoms in total. The molecular weight excluding hydrogens is 186 g/mol. The summed E-state index contributed by atoms with van der Waals surface area (Å²) in [6.45, 7) is 2.57. The molecule has 1 heterocycles. The van der Waals surface area contributed by atoms with E-state index in [-0.39, 0.29) is 0 Å². The van der Waals surface area contributed by atoms with Crippen molar-refractivity contribution in [1.29, 1.82) is 0 Å². The van der Waals surface area contributed by atoms with Gasteiger partial charge in [0.15, 0.2) is 0 Å². The summed E-state index contributed by atoms with van der Waals surface area (Å²) < 4.78 is 5.23. The lowest BCUT2D eigenvalue weighted by atomic mass is 9.90. The summed E-state index contributed by atoms with van der Waals surface area (Å²) in [5.41, 5.74) is 9.04. The van der Waals surface area contributed by atoms with E-state index in [1.54, 1.807) is 0 Å². The summed E-state index contributed by atoms with van der Waals surface area (Å²) in [5.74, 6) is 0.624. The maximum absolute atomic E-state index is 5.85. The zero-order valence-corrected chi connectivity index (χ0v) is 8.91. The molecule has 2 N–H and O–H groups in total. The minimum absolute atomic E-state index is 0.320. The molecule has 15 heavy (non-hydrogen) atoms. The van der Waals surface area contributed by atoms with Crippen molar-refractivity contribution in [2.45, 2.75) is 24.2 Å². The van der Waals surface area contributed by atoms with E-state index >= 15 is 0 Å². The lowest BCUT2D eigenvalue weighted by Crippen LogP contribution is -2.26. The summed E-state index contributed by atoms with van der Waals surface area (Å²) in [5, 5.41) is 0. The monoisotopic (exact) mass is 203 g/mol. The number of rotatable bonds is 3. The average Bonchev–Trinajstić information content (AvgIpc) is 2.96. The third-order valence-electron chi connectivity index (χ3n) is 3.85. The van der Waals surface area contributed by atoms with Gasteiger partial charge in [0, 0.05) is 17.9 Å². The Labute approximate surface area is 90.4 Å². The van der Waals surface area contributed by atoms with Crippen LogP contribution in [0.3, 0.4) is 0 Å². The molecule has 1 saturated carbocycles. The van der Waals surface area contributed by atoms with Gasteiger partial charge >= 0.3 is 0 Å². The van der Waals surface area contributed by atoms with E-state index in [0.717, 1.165) is 19.8 Å². The largest absolute Gasteiger partial charge is 0.380 e. The second-order valence-electron chi connectivity index (χ2n) is 4.84. The van der Waals surface area contributed by atoms with E-state index in [1.165, 1.54) is 24.0 Å². The molecule has 2 heteroatoms. The Kier molecular flexibility index (Phi) is 2.08. The number of hydrogen-bond donors (Lipinski definition) is 1. The van der Waals surface area contributed by atoms with Gasteiger partial charge in [-0.3, -0.25) is 0 Å². The van der Waals surface area contributed by atoms with Gasteiger partial charge in [0.2, 0.25) is 0 Å². The quantitative estimate of drug-likeness (QED) is 0.813. The Hall–Kier alpha value is -0.860. The molecule has 0 unspecified atom stereocenters. The zero-order valence-electron chi connectivity index (χ0n) is 8.91. The molecule has 1 aromatic carbocycles. The molecule has 80 valence electrons. The number of benzene rings is 1. The molecule has 2 aliphatic rings. The molecule has 1 saturated heterocycles. The Morgan fingerprint density at radius 3 is 2.67 bits per heavy atom. The first-order valence-corrected chi connectivity index (χ1v) is 5.72. The summed E-state index contributed by atoms with van der Waals surface area (Å²) in [6.07, 6.45) is 2.52. The van der Waals surface area contributed by atoms with Gasteiger partial charge in [-0.05, 0) is 24.0 Å². The Balaban J connectivity index is 1.89. The van der Waals surface area contributed by atoms with Crippen molar-refractivity contribution in [2.75, 3.05) is 19.8 Å². The smallest absolute Gasteiger partial charge is 0.0557 e. The van der Waals surface area contributed by atoms with E-state index in [0.29, 0.717) is 11.3 Å². The zero-order chi connectivity index (χ0) is 10.3. The van der Waals surface area contributed by atoms with Crippen LogP contribution in [0.25, 0.3) is 0 Å². The van der Waals surface area contributed by atoms with Crippen molar-refractivity contribution >= 4 is 0 Å². The summed E-state index contributed by atoms with van der Waals surface area (Å²) >= 11 is 0. The van der Waals surface area contributed by atoms with E-state index < -0.39 is 0 Å². The van der Waals surface area contributed by atoms with Crippen LogP contribution in [0, 0.1) is 0 Å². The normalized spacial score (nSPS) is 23.5. The van der Waals surface area contributed by atoms with Crippen molar-refractivity contribution in [3.05, 3.63) is 35.4 Å². The minimum atomic E-state index is 0.320. The van der Waals surface area contributed by atoms with Gasteiger partial charge in [-0.15, -0.1) is 0 Å². The van der Waals surface area contributed by atoms with Crippen LogP contribution in [0.1, 0.15) is 29.9 Å². The first-order chi connectivity index (χ1) is 7.34. The fourth-order valence-electron chi connectivity index (χ4n) is 2.31. The van der Waals surface area contributed by atoms with Crippen molar-refractivity contribution < 1.29 is 4.74 Å². The number of ether oxygens (including phenoxy) is 1. The molecular formula is C13H17NO. The first-order valence-electron chi connectivity index (χ1n) is 5.72. The number of nitrogens with two attached hydrogens (primary N) is 1. The molecule has 0 bridgehead atoms.